The van der Waals surface area contributed by atoms with Crippen LogP contribution in [0.1, 0.15) is 32.6 Å². The molecule has 134 valence electrons. The number of hydrogen-bond acceptors (Lipinski definition) is 6. The molecule has 0 spiro atoms. The van der Waals surface area contributed by atoms with Gasteiger partial charge in [-0.2, -0.15) is 0 Å². The molecule has 1 aromatic rings. The maximum atomic E-state index is 12.2. The molecule has 0 amide bonds. The van der Waals surface area contributed by atoms with Crippen LogP contribution in [0.2, 0.25) is 0 Å². The fourth-order valence-corrected chi connectivity index (χ4v) is 3.18. The Bertz CT molecular complexity index is 733. The van der Waals surface area contributed by atoms with E-state index in [2.05, 4.69) is 4.98 Å². The SMILES string of the molecule is COC1C2OC[C@]1(COC(C)(C)C)O[C@H]2n1cc(C)c(=O)[nH]c1=O. The fourth-order valence-electron chi connectivity index (χ4n) is 3.18. The monoisotopic (exact) mass is 340 g/mol. The highest BCUT2D eigenvalue weighted by Gasteiger charge is 2.63. The lowest BCUT2D eigenvalue weighted by atomic mass is 9.99. The van der Waals surface area contributed by atoms with Gasteiger partial charge in [-0.3, -0.25) is 14.3 Å². The Morgan fingerprint density at radius 3 is 2.75 bits per heavy atom. The van der Waals surface area contributed by atoms with Gasteiger partial charge in [-0.25, -0.2) is 4.79 Å². The smallest absolute Gasteiger partial charge is 0.330 e. The molecule has 1 N–H and O–H groups in total. The number of ether oxygens (including phenoxy) is 4. The molecule has 3 heterocycles. The van der Waals surface area contributed by atoms with Gasteiger partial charge >= 0.3 is 5.69 Å². The van der Waals surface area contributed by atoms with Crippen LogP contribution in [-0.4, -0.2) is 53.3 Å². The Morgan fingerprint density at radius 2 is 2.12 bits per heavy atom. The normalized spacial score (nSPS) is 32.5. The van der Waals surface area contributed by atoms with Crippen LogP contribution in [0.15, 0.2) is 15.8 Å². The van der Waals surface area contributed by atoms with Crippen LogP contribution in [-0.2, 0) is 18.9 Å². The van der Waals surface area contributed by atoms with E-state index in [-0.39, 0.29) is 11.7 Å². The van der Waals surface area contributed by atoms with Crippen LogP contribution in [0.25, 0.3) is 0 Å². The summed E-state index contributed by atoms with van der Waals surface area (Å²) < 4.78 is 24.8. The first-order valence-corrected chi connectivity index (χ1v) is 7.95. The molecule has 4 atom stereocenters. The third-order valence-electron chi connectivity index (χ3n) is 4.40. The number of aromatic amines is 1. The standard InChI is InChI=1S/C16H24N2O6/c1-9-6-18(14(20)17-12(9)19)13-10-11(21-5)16(24-13,7-22-10)8-23-15(2,3)4/h6,10-11,13H,7-8H2,1-5H3,(H,17,19,20)/t10?,11?,13-,16-/m1/s1. The van der Waals surface area contributed by atoms with Crippen molar-refractivity contribution in [3.05, 3.63) is 32.6 Å². The second kappa shape index (κ2) is 5.80. The van der Waals surface area contributed by atoms with E-state index in [0.717, 1.165) is 0 Å². The molecule has 2 fully saturated rings. The average molecular weight is 340 g/mol. The van der Waals surface area contributed by atoms with Gasteiger partial charge in [-0.1, -0.05) is 0 Å². The van der Waals surface area contributed by atoms with Gasteiger partial charge in [0.25, 0.3) is 5.56 Å². The first-order chi connectivity index (χ1) is 11.2. The number of hydrogen-bond donors (Lipinski definition) is 1. The molecular weight excluding hydrogens is 316 g/mol. The minimum atomic E-state index is -0.777. The molecule has 3 rings (SSSR count). The van der Waals surface area contributed by atoms with Gasteiger partial charge in [-0.15, -0.1) is 0 Å². The molecule has 1 aromatic heterocycles. The van der Waals surface area contributed by atoms with Crippen molar-refractivity contribution in [2.45, 2.75) is 57.3 Å². The van der Waals surface area contributed by atoms with Crippen molar-refractivity contribution < 1.29 is 18.9 Å². The minimum absolute atomic E-state index is 0.291. The number of rotatable bonds is 4. The van der Waals surface area contributed by atoms with Gasteiger partial charge in [0.1, 0.15) is 17.8 Å². The average Bonchev–Trinajstić information content (AvgIpc) is 3.00. The maximum Gasteiger partial charge on any atom is 0.330 e. The third kappa shape index (κ3) is 2.83. The molecule has 2 saturated heterocycles. The molecule has 24 heavy (non-hydrogen) atoms. The third-order valence-corrected chi connectivity index (χ3v) is 4.40. The van der Waals surface area contributed by atoms with Crippen LogP contribution in [0, 0.1) is 6.92 Å². The van der Waals surface area contributed by atoms with E-state index in [1.165, 1.54) is 10.8 Å². The lowest BCUT2D eigenvalue weighted by Crippen LogP contribution is -2.48. The molecular formula is C16H24N2O6. The number of aromatic nitrogens is 2. The van der Waals surface area contributed by atoms with Gasteiger partial charge in [0, 0.05) is 18.9 Å². The zero-order valence-electron chi connectivity index (χ0n) is 14.6. The second-order valence-corrected chi connectivity index (χ2v) is 7.38. The fraction of sp³-hybridized carbons (Fsp3) is 0.750. The van der Waals surface area contributed by atoms with Crippen LogP contribution >= 0.6 is 0 Å². The van der Waals surface area contributed by atoms with Crippen molar-refractivity contribution in [1.29, 1.82) is 0 Å². The Labute approximate surface area is 139 Å². The predicted octanol–water partition coefficient (Wildman–Crippen LogP) is 0.342. The van der Waals surface area contributed by atoms with Crippen molar-refractivity contribution in [3.63, 3.8) is 0 Å². The minimum Gasteiger partial charge on any atom is -0.375 e. The van der Waals surface area contributed by atoms with Gasteiger partial charge in [0.15, 0.2) is 6.23 Å². The Morgan fingerprint density at radius 1 is 1.42 bits per heavy atom. The Balaban J connectivity index is 1.93. The quantitative estimate of drug-likeness (QED) is 0.850. The molecule has 2 aliphatic heterocycles. The van der Waals surface area contributed by atoms with Gasteiger partial charge in [0.2, 0.25) is 0 Å². The number of methoxy groups -OCH3 is 1. The first-order valence-electron chi connectivity index (χ1n) is 7.95. The molecule has 2 aliphatic rings. The number of nitrogens with one attached hydrogen (secondary N) is 1. The Kier molecular flexibility index (Phi) is 4.19. The molecule has 8 nitrogen and oxygen atoms in total. The zero-order valence-corrected chi connectivity index (χ0v) is 14.6. The molecule has 2 bridgehead atoms. The van der Waals surface area contributed by atoms with Crippen LogP contribution in [0.3, 0.4) is 0 Å². The van der Waals surface area contributed by atoms with E-state index in [9.17, 15) is 9.59 Å². The summed E-state index contributed by atoms with van der Waals surface area (Å²) in [7, 11) is 1.59. The summed E-state index contributed by atoms with van der Waals surface area (Å²) in [6.45, 7) is 8.14. The van der Waals surface area contributed by atoms with Gasteiger partial charge < -0.3 is 18.9 Å². The summed E-state index contributed by atoms with van der Waals surface area (Å²) in [4.78, 5) is 26.0. The van der Waals surface area contributed by atoms with Crippen molar-refractivity contribution in [1.82, 2.24) is 9.55 Å². The number of H-pyrrole nitrogens is 1. The first kappa shape index (κ1) is 17.3. The van der Waals surface area contributed by atoms with E-state index in [1.807, 2.05) is 20.8 Å². The summed E-state index contributed by atoms with van der Waals surface area (Å²) in [5.41, 5.74) is -1.63. The van der Waals surface area contributed by atoms with Crippen molar-refractivity contribution in [2.75, 3.05) is 20.3 Å². The van der Waals surface area contributed by atoms with E-state index in [4.69, 9.17) is 18.9 Å². The molecule has 8 heteroatoms. The summed E-state index contributed by atoms with van der Waals surface area (Å²) in [6.07, 6.45) is 0.0156. The van der Waals surface area contributed by atoms with Crippen molar-refractivity contribution >= 4 is 0 Å². The number of fused-ring (bicyclic) bond motifs is 2. The van der Waals surface area contributed by atoms with Crippen LogP contribution in [0.4, 0.5) is 0 Å². The summed E-state index contributed by atoms with van der Waals surface area (Å²) in [5.74, 6) is 0. The highest BCUT2D eigenvalue weighted by Crippen LogP contribution is 2.46. The zero-order chi connectivity index (χ0) is 17.7. The lowest BCUT2D eigenvalue weighted by molar-refractivity contribution is -0.206. The molecule has 0 aromatic carbocycles. The van der Waals surface area contributed by atoms with Gasteiger partial charge in [0.05, 0.1) is 18.8 Å². The molecule has 0 radical (unpaired) electrons. The lowest BCUT2D eigenvalue weighted by Gasteiger charge is -2.33. The predicted molar refractivity (Wildman–Crippen MR) is 85.2 cm³/mol. The highest BCUT2D eigenvalue weighted by atomic mass is 16.7. The van der Waals surface area contributed by atoms with E-state index < -0.39 is 29.2 Å². The van der Waals surface area contributed by atoms with Gasteiger partial charge in [-0.05, 0) is 27.7 Å². The van der Waals surface area contributed by atoms with Crippen molar-refractivity contribution in [2.24, 2.45) is 0 Å². The number of nitrogens with zero attached hydrogens (tertiary/aromatic N) is 1. The molecule has 2 unspecified atom stereocenters. The van der Waals surface area contributed by atoms with E-state index >= 15 is 0 Å². The van der Waals surface area contributed by atoms with E-state index in [1.54, 1.807) is 14.0 Å². The maximum absolute atomic E-state index is 12.2. The summed E-state index contributed by atoms with van der Waals surface area (Å²) in [5, 5.41) is 0. The van der Waals surface area contributed by atoms with Crippen LogP contribution in [0.5, 0.6) is 0 Å². The summed E-state index contributed by atoms with van der Waals surface area (Å²) >= 11 is 0. The highest BCUT2D eigenvalue weighted by molar-refractivity contribution is 5.10. The topological polar surface area (TPSA) is 91.8 Å². The molecule has 0 saturated carbocycles. The van der Waals surface area contributed by atoms with Crippen LogP contribution < -0.4 is 11.2 Å². The Hall–Kier alpha value is -1.48. The van der Waals surface area contributed by atoms with E-state index in [0.29, 0.717) is 18.8 Å². The second-order valence-electron chi connectivity index (χ2n) is 7.38. The molecule has 0 aliphatic carbocycles. The largest absolute Gasteiger partial charge is 0.375 e. The van der Waals surface area contributed by atoms with Crippen molar-refractivity contribution in [3.8, 4) is 0 Å². The summed E-state index contributed by atoms with van der Waals surface area (Å²) in [6, 6.07) is 0. The number of aryl methyl sites for hydroxylation is 1.